The van der Waals surface area contributed by atoms with E-state index in [0.717, 1.165) is 32.7 Å². The molecule has 0 aromatic heterocycles. The van der Waals surface area contributed by atoms with Crippen LogP contribution in [0.15, 0.2) is 0 Å². The molecule has 0 saturated heterocycles. The van der Waals surface area contributed by atoms with Gasteiger partial charge < -0.3 is 14.8 Å². The Kier molecular flexibility index (Phi) is 15.4. The van der Waals surface area contributed by atoms with E-state index in [0.29, 0.717) is 6.61 Å². The van der Waals surface area contributed by atoms with Crippen LogP contribution < -0.4 is 5.32 Å². The molecule has 3 nitrogen and oxygen atoms in total. The van der Waals surface area contributed by atoms with Crippen molar-refractivity contribution in [3.05, 3.63) is 0 Å². The normalized spacial score (nSPS) is 10.9. The topological polar surface area (TPSA) is 30.5 Å². The van der Waals surface area contributed by atoms with E-state index in [1.165, 1.54) is 24.3 Å². The second kappa shape index (κ2) is 15.2. The Morgan fingerprint density at radius 3 is 2.56 bits per heavy atom. The molecule has 0 heterocycles. The van der Waals surface area contributed by atoms with Crippen molar-refractivity contribution in [3.8, 4) is 0 Å². The van der Waals surface area contributed by atoms with Gasteiger partial charge in [0.1, 0.15) is 0 Å². The van der Waals surface area contributed by atoms with E-state index in [2.05, 4.69) is 12.2 Å². The van der Waals surface area contributed by atoms with Crippen LogP contribution >= 0.6 is 11.8 Å². The number of hydrogen-bond donors (Lipinski definition) is 1. The maximum atomic E-state index is 5.38. The average molecular weight is 249 g/mol. The molecule has 0 aliphatic heterocycles. The van der Waals surface area contributed by atoms with E-state index in [9.17, 15) is 0 Å². The lowest BCUT2D eigenvalue weighted by molar-refractivity contribution is 0.0688. The zero-order valence-corrected chi connectivity index (χ0v) is 11.6. The molecule has 0 radical (unpaired) electrons. The van der Waals surface area contributed by atoms with Crippen LogP contribution in [0, 0.1) is 0 Å². The zero-order chi connectivity index (χ0) is 11.9. The molecular formula is C12H27NO2S. The first-order valence-electron chi connectivity index (χ1n) is 6.27. The maximum Gasteiger partial charge on any atom is 0.0700 e. The summed E-state index contributed by atoms with van der Waals surface area (Å²) in [5.74, 6) is 2.52. The summed E-state index contributed by atoms with van der Waals surface area (Å²) in [6.07, 6.45) is 3.62. The molecule has 0 saturated carbocycles. The summed E-state index contributed by atoms with van der Waals surface area (Å²) in [6.45, 7) is 6.76. The van der Waals surface area contributed by atoms with E-state index in [-0.39, 0.29) is 0 Å². The van der Waals surface area contributed by atoms with Gasteiger partial charge in [0, 0.05) is 13.7 Å². The van der Waals surface area contributed by atoms with Crippen molar-refractivity contribution in [2.45, 2.75) is 26.2 Å². The van der Waals surface area contributed by atoms with Gasteiger partial charge in [-0.2, -0.15) is 11.8 Å². The molecule has 16 heavy (non-hydrogen) atoms. The van der Waals surface area contributed by atoms with Gasteiger partial charge in [0.25, 0.3) is 0 Å². The number of ether oxygens (including phenoxy) is 2. The highest BCUT2D eigenvalue weighted by molar-refractivity contribution is 7.99. The Labute approximate surface area is 105 Å². The van der Waals surface area contributed by atoms with Crippen LogP contribution in [0.25, 0.3) is 0 Å². The number of unbranched alkanes of at least 4 members (excludes halogenated alkanes) is 1. The maximum absolute atomic E-state index is 5.38. The standard InChI is InChI=1S/C12H27NO2S/c1-3-16-12-6-8-13-7-4-5-9-15-11-10-14-2/h13H,3-12H2,1-2H3. The smallest absolute Gasteiger partial charge is 0.0700 e. The van der Waals surface area contributed by atoms with Crippen molar-refractivity contribution in [2.75, 3.05) is 51.5 Å². The van der Waals surface area contributed by atoms with Crippen molar-refractivity contribution >= 4 is 11.8 Å². The Bertz CT molecular complexity index is 112. The minimum atomic E-state index is 0.702. The van der Waals surface area contributed by atoms with Crippen LogP contribution in [0.5, 0.6) is 0 Å². The summed E-state index contributed by atoms with van der Waals surface area (Å²) in [5, 5.41) is 3.45. The quantitative estimate of drug-likeness (QED) is 0.507. The summed E-state index contributed by atoms with van der Waals surface area (Å²) in [4.78, 5) is 0. The van der Waals surface area contributed by atoms with Gasteiger partial charge in [-0.25, -0.2) is 0 Å². The van der Waals surface area contributed by atoms with Gasteiger partial charge in [-0.1, -0.05) is 6.92 Å². The van der Waals surface area contributed by atoms with Gasteiger partial charge in [0.2, 0.25) is 0 Å². The number of nitrogens with one attached hydrogen (secondary N) is 1. The van der Waals surface area contributed by atoms with Crippen LogP contribution in [-0.4, -0.2) is 51.5 Å². The fourth-order valence-electron chi connectivity index (χ4n) is 1.27. The second-order valence-corrected chi connectivity index (χ2v) is 5.01. The van der Waals surface area contributed by atoms with Gasteiger partial charge in [-0.15, -0.1) is 0 Å². The molecule has 0 atom stereocenters. The first-order valence-corrected chi connectivity index (χ1v) is 7.42. The molecule has 0 aliphatic carbocycles. The lowest BCUT2D eigenvalue weighted by Crippen LogP contribution is -2.17. The third-order valence-electron chi connectivity index (χ3n) is 2.17. The second-order valence-electron chi connectivity index (χ2n) is 3.61. The number of methoxy groups -OCH3 is 1. The zero-order valence-electron chi connectivity index (χ0n) is 10.8. The average Bonchev–Trinajstić information content (AvgIpc) is 2.31. The fourth-order valence-corrected chi connectivity index (χ4v) is 1.90. The SMILES string of the molecule is CCSCCCNCCCCOCCOC. The lowest BCUT2D eigenvalue weighted by atomic mass is 10.3. The van der Waals surface area contributed by atoms with Crippen molar-refractivity contribution in [1.29, 1.82) is 0 Å². The summed E-state index contributed by atoms with van der Waals surface area (Å²) in [7, 11) is 1.70. The largest absolute Gasteiger partial charge is 0.382 e. The number of hydrogen-bond acceptors (Lipinski definition) is 4. The van der Waals surface area contributed by atoms with E-state index in [4.69, 9.17) is 9.47 Å². The first-order chi connectivity index (χ1) is 7.91. The van der Waals surface area contributed by atoms with Crippen molar-refractivity contribution in [2.24, 2.45) is 0 Å². The molecule has 0 rings (SSSR count). The molecule has 0 bridgehead atoms. The van der Waals surface area contributed by atoms with Crippen LogP contribution in [0.2, 0.25) is 0 Å². The molecule has 0 fully saturated rings. The highest BCUT2D eigenvalue weighted by Gasteiger charge is 1.91. The molecule has 4 heteroatoms. The Hall–Kier alpha value is 0.230. The molecule has 0 aromatic rings. The van der Waals surface area contributed by atoms with Crippen LogP contribution in [-0.2, 0) is 9.47 Å². The number of thioether (sulfide) groups is 1. The van der Waals surface area contributed by atoms with Crippen molar-refractivity contribution in [3.63, 3.8) is 0 Å². The van der Waals surface area contributed by atoms with Crippen LogP contribution in [0.4, 0.5) is 0 Å². The van der Waals surface area contributed by atoms with Gasteiger partial charge in [0.15, 0.2) is 0 Å². The molecule has 0 aliphatic rings. The molecule has 0 unspecified atom stereocenters. The van der Waals surface area contributed by atoms with E-state index in [1.807, 2.05) is 11.8 Å². The predicted octanol–water partition coefficient (Wildman–Crippen LogP) is 2.16. The van der Waals surface area contributed by atoms with Gasteiger partial charge in [-0.3, -0.25) is 0 Å². The summed E-state index contributed by atoms with van der Waals surface area (Å²) in [5.41, 5.74) is 0. The van der Waals surface area contributed by atoms with Crippen LogP contribution in [0.3, 0.4) is 0 Å². The summed E-state index contributed by atoms with van der Waals surface area (Å²) < 4.78 is 10.3. The van der Waals surface area contributed by atoms with Gasteiger partial charge in [-0.05, 0) is 43.9 Å². The molecule has 1 N–H and O–H groups in total. The molecule has 98 valence electrons. The highest BCUT2D eigenvalue weighted by atomic mass is 32.2. The van der Waals surface area contributed by atoms with Gasteiger partial charge in [0.05, 0.1) is 13.2 Å². The Morgan fingerprint density at radius 2 is 1.81 bits per heavy atom. The predicted molar refractivity (Wildman–Crippen MR) is 72.4 cm³/mol. The van der Waals surface area contributed by atoms with Crippen molar-refractivity contribution in [1.82, 2.24) is 5.32 Å². The van der Waals surface area contributed by atoms with Gasteiger partial charge >= 0.3 is 0 Å². The monoisotopic (exact) mass is 249 g/mol. The summed E-state index contributed by atoms with van der Waals surface area (Å²) >= 11 is 2.02. The highest BCUT2D eigenvalue weighted by Crippen LogP contribution is 1.99. The fraction of sp³-hybridized carbons (Fsp3) is 1.00. The van der Waals surface area contributed by atoms with E-state index < -0.39 is 0 Å². The lowest BCUT2D eigenvalue weighted by Gasteiger charge is -2.05. The third-order valence-corrected chi connectivity index (χ3v) is 3.16. The van der Waals surface area contributed by atoms with E-state index >= 15 is 0 Å². The molecule has 0 spiro atoms. The molecule has 0 amide bonds. The Balaban J connectivity index is 2.83. The van der Waals surface area contributed by atoms with E-state index in [1.54, 1.807) is 7.11 Å². The minimum absolute atomic E-state index is 0.702. The third kappa shape index (κ3) is 14.2. The summed E-state index contributed by atoms with van der Waals surface area (Å²) in [6, 6.07) is 0. The van der Waals surface area contributed by atoms with Crippen molar-refractivity contribution < 1.29 is 9.47 Å². The minimum Gasteiger partial charge on any atom is -0.382 e. The molecule has 0 aromatic carbocycles. The van der Waals surface area contributed by atoms with Crippen LogP contribution in [0.1, 0.15) is 26.2 Å². The first kappa shape index (κ1) is 16.2. The molecular weight excluding hydrogens is 222 g/mol. The Morgan fingerprint density at radius 1 is 1.00 bits per heavy atom. The number of rotatable bonds is 13.